The predicted octanol–water partition coefficient (Wildman–Crippen LogP) is 8.53. The number of benzene rings is 3. The zero-order valence-corrected chi connectivity index (χ0v) is 33.9. The van der Waals surface area contributed by atoms with Crippen molar-refractivity contribution in [3.63, 3.8) is 0 Å². The van der Waals surface area contributed by atoms with Gasteiger partial charge in [0.05, 0.1) is 0 Å². The smallest absolute Gasteiger partial charge is 0.385 e. The van der Waals surface area contributed by atoms with Crippen LogP contribution in [0, 0.1) is 0 Å². The van der Waals surface area contributed by atoms with Gasteiger partial charge in [-0.25, -0.2) is 0 Å². The van der Waals surface area contributed by atoms with E-state index < -0.39 is 26.4 Å². The maximum Gasteiger partial charge on any atom is 0.493 e. The Morgan fingerprint density at radius 2 is 0.640 bits per heavy atom. The predicted molar refractivity (Wildman–Crippen MR) is 211 cm³/mol. The maximum atomic E-state index is 7.27. The van der Waals surface area contributed by atoms with Gasteiger partial charge in [-0.2, -0.15) is 0 Å². The Bertz CT molecular complexity index is 1190. The van der Waals surface area contributed by atoms with Crippen molar-refractivity contribution in [3.8, 4) is 0 Å². The summed E-state index contributed by atoms with van der Waals surface area (Å²) in [6.45, 7) is 14.4. The fraction of sp³-hybridized carbons (Fsp3) is 0.514. The topological polar surface area (TPSA) is 101 Å². The molecule has 0 aliphatic rings. The van der Waals surface area contributed by atoms with Crippen LogP contribution in [0.25, 0.3) is 0 Å². The van der Waals surface area contributed by atoms with Gasteiger partial charge in [-0.05, 0) is 90.3 Å². The highest BCUT2D eigenvalue weighted by Gasteiger charge is 2.58. The van der Waals surface area contributed by atoms with Crippen LogP contribution in [0.2, 0.25) is 18.1 Å². The summed E-state index contributed by atoms with van der Waals surface area (Å²) in [4.78, 5) is 0. The fourth-order valence-corrected chi connectivity index (χ4v) is 18.0. The molecule has 3 aromatic carbocycles. The standard InChI is InChI=1S/C37H61N3O7Si3/c1-6-41-48(42-7-2,32-20-29-38-35-23-14-11-15-24-35)46-50(45-10-5,34-22-31-40-37-27-18-13-19-28-37)47-49(43-8-3,44-9-4)33-21-30-39-36-25-16-12-17-26-36/h11-19,23-28,38-40H,6-10,20-22,29-34H2,1-5H3. The molecular formula is C37H61N3O7Si3. The third-order valence-electron chi connectivity index (χ3n) is 7.73. The maximum absolute atomic E-state index is 7.27. The Hall–Kier alpha value is -2.57. The molecule has 0 heterocycles. The van der Waals surface area contributed by atoms with Gasteiger partial charge in [0.15, 0.2) is 0 Å². The van der Waals surface area contributed by atoms with Crippen LogP contribution in [0.1, 0.15) is 53.9 Å². The molecule has 0 bridgehead atoms. The third kappa shape index (κ3) is 15.0. The quantitative estimate of drug-likeness (QED) is 0.0474. The van der Waals surface area contributed by atoms with Crippen LogP contribution >= 0.6 is 0 Å². The van der Waals surface area contributed by atoms with Crippen molar-refractivity contribution in [3.05, 3.63) is 91.0 Å². The molecule has 278 valence electrons. The Morgan fingerprint density at radius 3 is 0.920 bits per heavy atom. The van der Waals surface area contributed by atoms with E-state index in [1.807, 2.05) is 89.2 Å². The lowest BCUT2D eigenvalue weighted by Gasteiger charge is -2.42. The molecule has 0 aromatic heterocycles. The van der Waals surface area contributed by atoms with E-state index in [1.54, 1.807) is 0 Å². The average Bonchev–Trinajstić information content (AvgIpc) is 3.12. The Morgan fingerprint density at radius 1 is 0.380 bits per heavy atom. The summed E-state index contributed by atoms with van der Waals surface area (Å²) in [5.74, 6) is 0. The highest BCUT2D eigenvalue weighted by atomic mass is 28.5. The van der Waals surface area contributed by atoms with Crippen LogP contribution in [0.4, 0.5) is 17.1 Å². The molecule has 0 aliphatic carbocycles. The molecule has 0 radical (unpaired) electrons. The number of rotatable bonds is 29. The number of hydrogen-bond donors (Lipinski definition) is 3. The molecule has 0 saturated carbocycles. The lowest BCUT2D eigenvalue weighted by molar-refractivity contribution is 0.0394. The van der Waals surface area contributed by atoms with Crippen molar-refractivity contribution < 1.29 is 30.4 Å². The minimum Gasteiger partial charge on any atom is -0.385 e. The summed E-state index contributed by atoms with van der Waals surface area (Å²) in [5.41, 5.74) is 3.22. The van der Waals surface area contributed by atoms with E-state index in [1.165, 1.54) is 0 Å². The second-order valence-corrected chi connectivity index (χ2v) is 20.3. The molecule has 50 heavy (non-hydrogen) atoms. The minimum absolute atomic E-state index is 0.412. The highest BCUT2D eigenvalue weighted by Crippen LogP contribution is 2.33. The molecule has 0 fully saturated rings. The average molecular weight is 744 g/mol. The molecule has 0 unspecified atom stereocenters. The van der Waals surface area contributed by atoms with E-state index >= 15 is 0 Å². The van der Waals surface area contributed by atoms with Crippen LogP contribution in [-0.4, -0.2) is 79.1 Å². The summed E-state index contributed by atoms with van der Waals surface area (Å²) in [6.07, 6.45) is 2.33. The molecule has 0 amide bonds. The Balaban J connectivity index is 1.89. The largest absolute Gasteiger partial charge is 0.493 e. The zero-order chi connectivity index (χ0) is 35.8. The van der Waals surface area contributed by atoms with E-state index in [9.17, 15) is 0 Å². The van der Waals surface area contributed by atoms with E-state index in [4.69, 9.17) is 30.4 Å². The van der Waals surface area contributed by atoms with Gasteiger partial charge in [-0.15, -0.1) is 0 Å². The molecule has 13 heteroatoms. The molecule has 10 nitrogen and oxygen atoms in total. The van der Waals surface area contributed by atoms with Gasteiger partial charge in [0.1, 0.15) is 0 Å². The van der Waals surface area contributed by atoms with Gasteiger partial charge >= 0.3 is 26.4 Å². The van der Waals surface area contributed by atoms with Gasteiger partial charge < -0.3 is 46.3 Å². The van der Waals surface area contributed by atoms with Crippen LogP contribution in [-0.2, 0) is 30.4 Å². The number of anilines is 3. The van der Waals surface area contributed by atoms with Crippen molar-refractivity contribution in [2.75, 3.05) is 68.6 Å². The minimum atomic E-state index is -3.56. The molecule has 0 aliphatic heterocycles. The second-order valence-electron chi connectivity index (χ2n) is 11.6. The van der Waals surface area contributed by atoms with Gasteiger partial charge in [-0.3, -0.25) is 0 Å². The van der Waals surface area contributed by atoms with Gasteiger partial charge in [0.2, 0.25) is 0 Å². The van der Waals surface area contributed by atoms with Crippen molar-refractivity contribution in [2.24, 2.45) is 0 Å². The van der Waals surface area contributed by atoms with Crippen molar-refractivity contribution in [1.29, 1.82) is 0 Å². The number of para-hydroxylation sites is 3. The molecule has 3 rings (SSSR count). The molecule has 0 saturated heterocycles. The van der Waals surface area contributed by atoms with E-state index in [2.05, 4.69) is 52.3 Å². The number of hydrogen-bond acceptors (Lipinski definition) is 10. The van der Waals surface area contributed by atoms with E-state index in [0.29, 0.717) is 51.2 Å². The fourth-order valence-electron chi connectivity index (χ4n) is 5.70. The summed E-state index contributed by atoms with van der Waals surface area (Å²) in [5, 5.41) is 10.6. The van der Waals surface area contributed by atoms with Crippen molar-refractivity contribution >= 4 is 43.5 Å². The molecule has 0 atom stereocenters. The van der Waals surface area contributed by atoms with E-state index in [0.717, 1.165) is 56.0 Å². The van der Waals surface area contributed by atoms with Crippen LogP contribution in [0.5, 0.6) is 0 Å². The third-order valence-corrected chi connectivity index (χ3v) is 19.2. The van der Waals surface area contributed by atoms with Crippen molar-refractivity contribution in [2.45, 2.75) is 72.0 Å². The molecule has 3 aromatic rings. The van der Waals surface area contributed by atoms with Crippen molar-refractivity contribution in [1.82, 2.24) is 0 Å². The second kappa shape index (κ2) is 23.8. The SMILES string of the molecule is CCO[Si](CCCNc1ccccc1)(OCC)O[Si](CCCNc1ccccc1)(OCC)O[Si](CCCNc1ccccc1)(OCC)OCC. The van der Waals surface area contributed by atoms with Gasteiger partial charge in [0.25, 0.3) is 0 Å². The lowest BCUT2D eigenvalue weighted by atomic mass is 10.3. The van der Waals surface area contributed by atoms with E-state index in [-0.39, 0.29) is 0 Å². The van der Waals surface area contributed by atoms with Crippen LogP contribution < -0.4 is 16.0 Å². The first kappa shape index (κ1) is 41.8. The van der Waals surface area contributed by atoms with Gasteiger partial charge in [0, 0.05) is 87.9 Å². The summed E-state index contributed by atoms with van der Waals surface area (Å²) >= 11 is 0. The lowest BCUT2D eigenvalue weighted by Crippen LogP contribution is -2.64. The highest BCUT2D eigenvalue weighted by molar-refractivity contribution is 6.81. The monoisotopic (exact) mass is 743 g/mol. The summed E-state index contributed by atoms with van der Waals surface area (Å²) < 4.78 is 47.4. The molecular weight excluding hydrogens is 683 g/mol. The first-order valence-corrected chi connectivity index (χ1v) is 24.2. The normalized spacial score (nSPS) is 12.2. The molecule has 0 spiro atoms. The Labute approximate surface area is 304 Å². The first-order valence-electron chi connectivity index (χ1n) is 18.4. The molecule has 3 N–H and O–H groups in total. The Kier molecular flexibility index (Phi) is 19.9. The number of nitrogens with one attached hydrogen (secondary N) is 3. The van der Waals surface area contributed by atoms with Gasteiger partial charge in [-0.1, -0.05) is 54.6 Å². The van der Waals surface area contributed by atoms with Crippen LogP contribution in [0.3, 0.4) is 0 Å². The summed E-state index contributed by atoms with van der Waals surface area (Å²) in [6, 6.07) is 32.4. The first-order chi connectivity index (χ1) is 24.5. The zero-order valence-electron chi connectivity index (χ0n) is 30.9. The van der Waals surface area contributed by atoms with Crippen LogP contribution in [0.15, 0.2) is 91.0 Å². The summed E-state index contributed by atoms with van der Waals surface area (Å²) in [7, 11) is -10.2.